The number of hydrogen-bond acceptors (Lipinski definition) is 4. The van der Waals surface area contributed by atoms with Crippen molar-refractivity contribution in [1.29, 1.82) is 0 Å². The third-order valence-electron chi connectivity index (χ3n) is 6.14. The molecule has 2 saturated heterocycles. The minimum absolute atomic E-state index is 0.0606. The van der Waals surface area contributed by atoms with Gasteiger partial charge in [-0.05, 0) is 12.3 Å². The lowest BCUT2D eigenvalue weighted by molar-refractivity contribution is -0.133. The number of likely N-dealkylation sites (tertiary alicyclic amines) is 1. The Labute approximate surface area is 171 Å². The van der Waals surface area contributed by atoms with Gasteiger partial charge in [-0.1, -0.05) is 40.5 Å². The highest BCUT2D eigenvalue weighted by atomic mass is 16.5. The standard InChI is InChI=1S/C21H41N5O2/c1-6-17(7-2)19(25-10-12-28-13-11-25)14-23-21(22-5)24-18-8-9-26(15-18)20(27)16(3)4/h16-19H,6-15H2,1-5H3,(H2,22,23,24). The summed E-state index contributed by atoms with van der Waals surface area (Å²) < 4.78 is 5.55. The van der Waals surface area contributed by atoms with Gasteiger partial charge >= 0.3 is 0 Å². The van der Waals surface area contributed by atoms with E-state index in [-0.39, 0.29) is 17.9 Å². The van der Waals surface area contributed by atoms with Gasteiger partial charge in [0.15, 0.2) is 5.96 Å². The summed E-state index contributed by atoms with van der Waals surface area (Å²) in [4.78, 5) is 21.2. The van der Waals surface area contributed by atoms with Crippen LogP contribution in [0.25, 0.3) is 0 Å². The molecule has 28 heavy (non-hydrogen) atoms. The fourth-order valence-electron chi connectivity index (χ4n) is 4.37. The maximum Gasteiger partial charge on any atom is 0.225 e. The van der Waals surface area contributed by atoms with Gasteiger partial charge in [-0.15, -0.1) is 0 Å². The zero-order valence-corrected chi connectivity index (χ0v) is 18.5. The molecule has 0 aromatic heterocycles. The van der Waals surface area contributed by atoms with Gasteiger partial charge in [-0.25, -0.2) is 0 Å². The molecule has 1 amide bonds. The Morgan fingerprint density at radius 3 is 2.43 bits per heavy atom. The van der Waals surface area contributed by atoms with Crippen LogP contribution in [0.1, 0.15) is 47.0 Å². The molecule has 2 aliphatic rings. The topological polar surface area (TPSA) is 69.2 Å². The molecule has 2 N–H and O–H groups in total. The monoisotopic (exact) mass is 395 g/mol. The average molecular weight is 396 g/mol. The fourth-order valence-corrected chi connectivity index (χ4v) is 4.37. The van der Waals surface area contributed by atoms with Crippen LogP contribution in [-0.4, -0.2) is 86.7 Å². The second-order valence-corrected chi connectivity index (χ2v) is 8.31. The van der Waals surface area contributed by atoms with E-state index in [1.807, 2.05) is 25.8 Å². The molecular formula is C21H41N5O2. The van der Waals surface area contributed by atoms with Gasteiger partial charge in [0.05, 0.1) is 13.2 Å². The minimum Gasteiger partial charge on any atom is -0.379 e. The van der Waals surface area contributed by atoms with Crippen LogP contribution in [0.4, 0.5) is 0 Å². The Bertz CT molecular complexity index is 501. The molecule has 0 saturated carbocycles. The molecule has 7 nitrogen and oxygen atoms in total. The zero-order chi connectivity index (χ0) is 20.5. The molecule has 2 atom stereocenters. The third kappa shape index (κ3) is 6.34. The lowest BCUT2D eigenvalue weighted by Gasteiger charge is -2.39. The van der Waals surface area contributed by atoms with Crippen LogP contribution >= 0.6 is 0 Å². The van der Waals surface area contributed by atoms with E-state index in [1.165, 1.54) is 12.8 Å². The molecule has 162 valence electrons. The second-order valence-electron chi connectivity index (χ2n) is 8.31. The van der Waals surface area contributed by atoms with Crippen molar-refractivity contribution in [3.63, 3.8) is 0 Å². The quantitative estimate of drug-likeness (QED) is 0.482. The van der Waals surface area contributed by atoms with Crippen molar-refractivity contribution in [1.82, 2.24) is 20.4 Å². The molecule has 7 heteroatoms. The van der Waals surface area contributed by atoms with Gasteiger partial charge in [-0.2, -0.15) is 0 Å². The largest absolute Gasteiger partial charge is 0.379 e. The molecule has 2 unspecified atom stereocenters. The predicted octanol–water partition coefficient (Wildman–Crippen LogP) is 1.55. The van der Waals surface area contributed by atoms with Gasteiger partial charge in [-0.3, -0.25) is 14.7 Å². The van der Waals surface area contributed by atoms with E-state index >= 15 is 0 Å². The Kier molecular flexibility index (Phi) is 9.51. The van der Waals surface area contributed by atoms with Crippen molar-refractivity contribution in [3.8, 4) is 0 Å². The molecule has 2 rings (SSSR count). The third-order valence-corrected chi connectivity index (χ3v) is 6.14. The highest BCUT2D eigenvalue weighted by molar-refractivity contribution is 5.81. The molecular weight excluding hydrogens is 354 g/mol. The summed E-state index contributed by atoms with van der Waals surface area (Å²) in [6, 6.07) is 0.754. The van der Waals surface area contributed by atoms with Crippen LogP contribution < -0.4 is 10.6 Å². The number of hydrogen-bond donors (Lipinski definition) is 2. The molecule has 2 fully saturated rings. The number of carbonyl (C=O) groups is 1. The van der Waals surface area contributed by atoms with Crippen molar-refractivity contribution in [3.05, 3.63) is 0 Å². The van der Waals surface area contributed by atoms with E-state index in [1.54, 1.807) is 0 Å². The van der Waals surface area contributed by atoms with Gasteiger partial charge in [0.25, 0.3) is 0 Å². The van der Waals surface area contributed by atoms with E-state index < -0.39 is 0 Å². The summed E-state index contributed by atoms with van der Waals surface area (Å²) in [6.45, 7) is 14.6. The van der Waals surface area contributed by atoms with Crippen LogP contribution in [0.3, 0.4) is 0 Å². The van der Waals surface area contributed by atoms with Crippen LogP contribution in [-0.2, 0) is 9.53 Å². The summed E-state index contributed by atoms with van der Waals surface area (Å²) in [5.74, 6) is 1.81. The predicted molar refractivity (Wildman–Crippen MR) is 115 cm³/mol. The zero-order valence-electron chi connectivity index (χ0n) is 18.5. The van der Waals surface area contributed by atoms with E-state index in [0.29, 0.717) is 12.0 Å². The lowest BCUT2D eigenvalue weighted by atomic mass is 9.92. The molecule has 0 aromatic carbocycles. The number of ether oxygens (including phenoxy) is 1. The molecule has 0 spiro atoms. The minimum atomic E-state index is 0.0606. The highest BCUT2D eigenvalue weighted by Gasteiger charge is 2.29. The molecule has 2 aliphatic heterocycles. The molecule has 0 aliphatic carbocycles. The first kappa shape index (κ1) is 22.9. The Morgan fingerprint density at radius 2 is 1.86 bits per heavy atom. The normalized spacial score (nSPS) is 22.8. The number of aliphatic imine (C=N–C) groups is 1. The first-order valence-electron chi connectivity index (χ1n) is 11.1. The average Bonchev–Trinajstić information content (AvgIpc) is 3.18. The van der Waals surface area contributed by atoms with Crippen molar-refractivity contribution in [2.75, 3.05) is 53.0 Å². The van der Waals surface area contributed by atoms with Crippen molar-refractivity contribution >= 4 is 11.9 Å². The number of morpholine rings is 1. The summed E-state index contributed by atoms with van der Waals surface area (Å²) in [5.41, 5.74) is 0. The van der Waals surface area contributed by atoms with E-state index in [0.717, 1.165) is 58.3 Å². The first-order valence-corrected chi connectivity index (χ1v) is 11.1. The molecule has 0 aromatic rings. The smallest absolute Gasteiger partial charge is 0.225 e. The van der Waals surface area contributed by atoms with Gasteiger partial charge in [0.1, 0.15) is 0 Å². The summed E-state index contributed by atoms with van der Waals surface area (Å²) in [6.07, 6.45) is 3.33. The van der Waals surface area contributed by atoms with Crippen molar-refractivity contribution in [2.45, 2.75) is 59.0 Å². The summed E-state index contributed by atoms with van der Waals surface area (Å²) in [5, 5.41) is 7.09. The van der Waals surface area contributed by atoms with Crippen molar-refractivity contribution in [2.24, 2.45) is 16.8 Å². The highest BCUT2D eigenvalue weighted by Crippen LogP contribution is 2.19. The van der Waals surface area contributed by atoms with Gasteiger partial charge in [0, 0.05) is 57.8 Å². The molecule has 2 heterocycles. The Morgan fingerprint density at radius 1 is 1.18 bits per heavy atom. The van der Waals surface area contributed by atoms with Crippen LogP contribution in [0.5, 0.6) is 0 Å². The number of rotatable bonds is 8. The van der Waals surface area contributed by atoms with Crippen molar-refractivity contribution < 1.29 is 9.53 Å². The number of amides is 1. The van der Waals surface area contributed by atoms with Gasteiger partial charge < -0.3 is 20.3 Å². The van der Waals surface area contributed by atoms with E-state index in [4.69, 9.17) is 4.74 Å². The number of nitrogens with zero attached hydrogens (tertiary/aromatic N) is 3. The SMILES string of the molecule is CCC(CC)C(CNC(=NC)NC1CCN(C(=O)C(C)C)C1)N1CCOCC1. The maximum atomic E-state index is 12.2. The molecule has 0 radical (unpaired) electrons. The summed E-state index contributed by atoms with van der Waals surface area (Å²) >= 11 is 0. The Hall–Kier alpha value is -1.34. The van der Waals surface area contributed by atoms with E-state index in [9.17, 15) is 4.79 Å². The van der Waals surface area contributed by atoms with Gasteiger partial charge in [0.2, 0.25) is 5.91 Å². The van der Waals surface area contributed by atoms with Crippen LogP contribution in [0, 0.1) is 11.8 Å². The number of carbonyl (C=O) groups excluding carboxylic acids is 1. The fraction of sp³-hybridized carbons (Fsp3) is 0.905. The first-order chi connectivity index (χ1) is 13.5. The number of guanidine groups is 1. The maximum absolute atomic E-state index is 12.2. The number of nitrogens with one attached hydrogen (secondary N) is 2. The second kappa shape index (κ2) is 11.6. The van der Waals surface area contributed by atoms with Crippen LogP contribution in [0.15, 0.2) is 4.99 Å². The molecule has 0 bridgehead atoms. The summed E-state index contributed by atoms with van der Waals surface area (Å²) in [7, 11) is 1.82. The van der Waals surface area contributed by atoms with E-state index in [2.05, 4.69) is 34.4 Å². The lowest BCUT2D eigenvalue weighted by Crippen LogP contribution is -2.54. The Balaban J connectivity index is 1.89. The van der Waals surface area contributed by atoms with Crippen LogP contribution in [0.2, 0.25) is 0 Å².